The number of sulfonamides is 1. The number of benzene rings is 1. The Kier molecular flexibility index (Phi) is 5.94. The molecule has 0 aliphatic carbocycles. The summed E-state index contributed by atoms with van der Waals surface area (Å²) in [6.07, 6.45) is 4.09. The number of carbonyl (C=O) groups excluding carboxylic acids is 1. The highest BCUT2D eigenvalue weighted by Gasteiger charge is 2.36. The SMILES string of the molecule is Cc1noc(C)c1S(=O)(=O)N1CCCC(C(=O)Nc2cnc(-c3cccc(O)c3)nc2)C1. The molecule has 0 spiro atoms. The molecule has 4 rings (SSSR count). The van der Waals surface area contributed by atoms with Gasteiger partial charge in [-0.3, -0.25) is 4.79 Å². The lowest BCUT2D eigenvalue weighted by atomic mass is 9.99. The lowest BCUT2D eigenvalue weighted by Crippen LogP contribution is -2.43. The molecule has 3 aromatic rings. The number of phenolic OH excluding ortho intramolecular Hbond substituents is 1. The van der Waals surface area contributed by atoms with Crippen molar-refractivity contribution in [3.05, 3.63) is 48.1 Å². The van der Waals surface area contributed by atoms with E-state index in [1.165, 1.54) is 16.7 Å². The number of amides is 1. The molecule has 1 unspecified atom stereocenters. The molecule has 1 fully saturated rings. The topological polar surface area (TPSA) is 139 Å². The van der Waals surface area contributed by atoms with Crippen molar-refractivity contribution in [3.63, 3.8) is 0 Å². The minimum atomic E-state index is -3.81. The fourth-order valence-electron chi connectivity index (χ4n) is 3.78. The fraction of sp³-hybridized carbons (Fsp3) is 0.333. The summed E-state index contributed by atoms with van der Waals surface area (Å²) in [6.45, 7) is 3.54. The Labute approximate surface area is 185 Å². The number of aromatic nitrogens is 3. The molecule has 2 N–H and O–H groups in total. The van der Waals surface area contributed by atoms with Crippen LogP contribution in [-0.2, 0) is 14.8 Å². The zero-order chi connectivity index (χ0) is 22.9. The normalized spacial score (nSPS) is 17.2. The minimum absolute atomic E-state index is 0.0643. The third-order valence-electron chi connectivity index (χ3n) is 5.34. The molecule has 1 amide bonds. The van der Waals surface area contributed by atoms with Crippen LogP contribution >= 0.6 is 0 Å². The summed E-state index contributed by atoms with van der Waals surface area (Å²) in [5.41, 5.74) is 1.36. The predicted molar refractivity (Wildman–Crippen MR) is 115 cm³/mol. The Morgan fingerprint density at radius 2 is 2.00 bits per heavy atom. The van der Waals surface area contributed by atoms with Crippen LogP contribution in [0, 0.1) is 19.8 Å². The summed E-state index contributed by atoms with van der Waals surface area (Å²) in [7, 11) is -3.81. The molecule has 3 heterocycles. The molecule has 1 aliphatic heterocycles. The summed E-state index contributed by atoms with van der Waals surface area (Å²) in [6, 6.07) is 6.56. The van der Waals surface area contributed by atoms with E-state index < -0.39 is 15.9 Å². The average molecular weight is 458 g/mol. The maximum atomic E-state index is 13.1. The molecule has 1 saturated heterocycles. The number of aryl methyl sites for hydroxylation is 2. The molecule has 168 valence electrons. The average Bonchev–Trinajstić information content (AvgIpc) is 3.13. The van der Waals surface area contributed by atoms with Gasteiger partial charge in [-0.2, -0.15) is 4.31 Å². The van der Waals surface area contributed by atoms with Crippen LogP contribution in [0.4, 0.5) is 5.69 Å². The molecule has 32 heavy (non-hydrogen) atoms. The maximum absolute atomic E-state index is 13.1. The Balaban J connectivity index is 1.45. The smallest absolute Gasteiger partial charge is 0.248 e. The predicted octanol–water partition coefficient (Wildman–Crippen LogP) is 2.49. The largest absolute Gasteiger partial charge is 0.508 e. The van der Waals surface area contributed by atoms with E-state index in [0.29, 0.717) is 42.2 Å². The number of piperidine rings is 1. The van der Waals surface area contributed by atoms with E-state index in [1.807, 2.05) is 0 Å². The maximum Gasteiger partial charge on any atom is 0.248 e. The summed E-state index contributed by atoms with van der Waals surface area (Å²) in [5, 5.41) is 16.1. The van der Waals surface area contributed by atoms with Gasteiger partial charge in [0.25, 0.3) is 0 Å². The number of hydrogen-bond acceptors (Lipinski definition) is 8. The van der Waals surface area contributed by atoms with Crippen LogP contribution in [0.25, 0.3) is 11.4 Å². The molecule has 10 nitrogen and oxygen atoms in total. The van der Waals surface area contributed by atoms with Gasteiger partial charge in [-0.25, -0.2) is 18.4 Å². The molecule has 2 aromatic heterocycles. The summed E-state index contributed by atoms with van der Waals surface area (Å²) in [4.78, 5) is 21.3. The molecular formula is C21H23N5O5S. The minimum Gasteiger partial charge on any atom is -0.508 e. The van der Waals surface area contributed by atoms with E-state index in [1.54, 1.807) is 38.1 Å². The van der Waals surface area contributed by atoms with Crippen LogP contribution in [0.5, 0.6) is 5.75 Å². The first-order chi connectivity index (χ1) is 15.3. The number of phenols is 1. The number of carbonyl (C=O) groups is 1. The van der Waals surface area contributed by atoms with Crippen molar-refractivity contribution in [2.75, 3.05) is 18.4 Å². The lowest BCUT2D eigenvalue weighted by molar-refractivity contribution is -0.120. The van der Waals surface area contributed by atoms with Gasteiger partial charge in [0.05, 0.1) is 24.0 Å². The molecule has 11 heteroatoms. The van der Waals surface area contributed by atoms with E-state index >= 15 is 0 Å². The number of nitrogens with one attached hydrogen (secondary N) is 1. The molecule has 0 saturated carbocycles. The van der Waals surface area contributed by atoms with Crippen LogP contribution < -0.4 is 5.32 Å². The van der Waals surface area contributed by atoms with Crippen LogP contribution in [0.1, 0.15) is 24.3 Å². The van der Waals surface area contributed by atoms with Gasteiger partial charge in [0.15, 0.2) is 11.6 Å². The monoisotopic (exact) mass is 457 g/mol. The highest BCUT2D eigenvalue weighted by Crippen LogP contribution is 2.28. The second-order valence-electron chi connectivity index (χ2n) is 7.69. The van der Waals surface area contributed by atoms with Gasteiger partial charge in [-0.1, -0.05) is 17.3 Å². The number of rotatable bonds is 5. The zero-order valence-corrected chi connectivity index (χ0v) is 18.5. The van der Waals surface area contributed by atoms with Gasteiger partial charge in [-0.15, -0.1) is 0 Å². The first kappa shape index (κ1) is 21.9. The molecular weight excluding hydrogens is 434 g/mol. The van der Waals surface area contributed by atoms with Crippen molar-refractivity contribution in [1.29, 1.82) is 0 Å². The van der Waals surface area contributed by atoms with Crippen molar-refractivity contribution in [2.24, 2.45) is 5.92 Å². The Morgan fingerprint density at radius 3 is 2.66 bits per heavy atom. The van der Waals surface area contributed by atoms with E-state index in [2.05, 4.69) is 20.4 Å². The standard InChI is InChI=1S/C21H23N5O5S/c1-13-19(14(2)31-25-13)32(29,30)26-8-4-6-16(12-26)21(28)24-17-10-22-20(23-11-17)15-5-3-7-18(27)9-15/h3,5,7,9-11,16,27H,4,6,8,12H2,1-2H3,(H,24,28). The highest BCUT2D eigenvalue weighted by atomic mass is 32.2. The molecule has 1 atom stereocenters. The number of anilines is 1. The zero-order valence-electron chi connectivity index (χ0n) is 17.6. The van der Waals surface area contributed by atoms with Crippen molar-refractivity contribution in [1.82, 2.24) is 19.4 Å². The second kappa shape index (κ2) is 8.67. The first-order valence-electron chi connectivity index (χ1n) is 10.1. The van der Waals surface area contributed by atoms with Crippen LogP contribution in [0.2, 0.25) is 0 Å². The van der Waals surface area contributed by atoms with Crippen LogP contribution in [0.3, 0.4) is 0 Å². The Hall–Kier alpha value is -3.31. The molecule has 1 aliphatic rings. The number of aromatic hydroxyl groups is 1. The Bertz CT molecular complexity index is 1220. The fourth-order valence-corrected chi connectivity index (χ4v) is 5.59. The highest BCUT2D eigenvalue weighted by molar-refractivity contribution is 7.89. The van der Waals surface area contributed by atoms with Crippen molar-refractivity contribution in [3.8, 4) is 17.1 Å². The summed E-state index contributed by atoms with van der Waals surface area (Å²) < 4.78 is 32.5. The van der Waals surface area contributed by atoms with Gasteiger partial charge >= 0.3 is 0 Å². The summed E-state index contributed by atoms with van der Waals surface area (Å²) >= 11 is 0. The van der Waals surface area contributed by atoms with Crippen molar-refractivity contribution in [2.45, 2.75) is 31.6 Å². The Morgan fingerprint density at radius 1 is 1.25 bits per heavy atom. The molecule has 0 bridgehead atoms. The van der Waals surface area contributed by atoms with E-state index in [-0.39, 0.29) is 28.9 Å². The number of nitrogens with zero attached hydrogens (tertiary/aromatic N) is 4. The van der Waals surface area contributed by atoms with Gasteiger partial charge < -0.3 is 14.9 Å². The molecule has 0 radical (unpaired) electrons. The van der Waals surface area contributed by atoms with Crippen LogP contribution in [-0.4, -0.2) is 52.0 Å². The number of hydrogen-bond donors (Lipinski definition) is 2. The van der Waals surface area contributed by atoms with Gasteiger partial charge in [-0.05, 0) is 38.8 Å². The van der Waals surface area contributed by atoms with Crippen molar-refractivity contribution < 1.29 is 22.8 Å². The molecule has 1 aromatic carbocycles. The quantitative estimate of drug-likeness (QED) is 0.596. The van der Waals surface area contributed by atoms with Crippen LogP contribution in [0.15, 0.2) is 46.1 Å². The summed E-state index contributed by atoms with van der Waals surface area (Å²) in [5.74, 6) is -0.0506. The van der Waals surface area contributed by atoms with E-state index in [0.717, 1.165) is 0 Å². The van der Waals surface area contributed by atoms with Crippen molar-refractivity contribution >= 4 is 21.6 Å². The third-order valence-corrected chi connectivity index (χ3v) is 7.45. The second-order valence-corrected chi connectivity index (χ2v) is 9.57. The first-order valence-corrected chi connectivity index (χ1v) is 11.5. The van der Waals surface area contributed by atoms with Gasteiger partial charge in [0.1, 0.15) is 16.3 Å². The third kappa shape index (κ3) is 4.34. The van der Waals surface area contributed by atoms with E-state index in [4.69, 9.17) is 4.52 Å². The lowest BCUT2D eigenvalue weighted by Gasteiger charge is -2.31. The van der Waals surface area contributed by atoms with E-state index in [9.17, 15) is 18.3 Å². The van der Waals surface area contributed by atoms with Gasteiger partial charge in [0.2, 0.25) is 15.9 Å². The van der Waals surface area contributed by atoms with Gasteiger partial charge in [0, 0.05) is 18.7 Å².